The van der Waals surface area contributed by atoms with Crippen molar-refractivity contribution in [3.63, 3.8) is 0 Å². The van der Waals surface area contributed by atoms with E-state index >= 15 is 0 Å². The summed E-state index contributed by atoms with van der Waals surface area (Å²) in [4.78, 5) is 25.5. The Kier molecular flexibility index (Phi) is 8.91. The van der Waals surface area contributed by atoms with Crippen molar-refractivity contribution in [2.24, 2.45) is 0 Å². The van der Waals surface area contributed by atoms with Crippen LogP contribution in [0.25, 0.3) is 0 Å². The highest BCUT2D eigenvalue weighted by Crippen LogP contribution is 2.28. The molecule has 142 valence electrons. The van der Waals surface area contributed by atoms with Gasteiger partial charge in [0.25, 0.3) is 0 Å². The van der Waals surface area contributed by atoms with Crippen molar-refractivity contribution in [1.82, 2.24) is 30.3 Å². The Bertz CT molecular complexity index is 575. The number of carbonyl (C=O) groups excluding carboxylic acids is 2. The number of nitrogens with one attached hydrogen (secondary N) is 2. The number of thioether (sulfide) groups is 1. The maximum Gasteiger partial charge on any atom is 0.321 e. The molecule has 0 aliphatic carbocycles. The normalized spacial score (nSPS) is 13.6. The highest BCUT2D eigenvalue weighted by atomic mass is 32.2. The zero-order valence-corrected chi connectivity index (χ0v) is 16.8. The van der Waals surface area contributed by atoms with Gasteiger partial charge in [-0.25, -0.2) is 4.79 Å². The van der Waals surface area contributed by atoms with Crippen LogP contribution >= 0.6 is 11.8 Å². The summed E-state index contributed by atoms with van der Waals surface area (Å²) in [5.74, 6) is 0.568. The number of nitrogens with zero attached hydrogens (tertiary/aromatic N) is 4. The highest BCUT2D eigenvalue weighted by molar-refractivity contribution is 8.00. The summed E-state index contributed by atoms with van der Waals surface area (Å²) in [7, 11) is 5.53. The SMILES string of the molecule is CCCCn1c(S[C@H](C)C(=O)NC(=O)NC)nnc1[C@@H](CC)N(C)C. The molecule has 9 heteroatoms. The van der Waals surface area contributed by atoms with Gasteiger partial charge < -0.3 is 9.88 Å². The lowest BCUT2D eigenvalue weighted by molar-refractivity contribution is -0.119. The summed E-state index contributed by atoms with van der Waals surface area (Å²) in [5, 5.41) is 13.6. The minimum absolute atomic E-state index is 0.175. The van der Waals surface area contributed by atoms with E-state index in [0.29, 0.717) is 5.16 Å². The third-order valence-corrected chi connectivity index (χ3v) is 4.98. The molecule has 0 aromatic carbocycles. The van der Waals surface area contributed by atoms with Gasteiger partial charge in [0.1, 0.15) is 0 Å². The van der Waals surface area contributed by atoms with Crippen LogP contribution in [0.2, 0.25) is 0 Å². The van der Waals surface area contributed by atoms with Crippen molar-refractivity contribution in [2.45, 2.75) is 63.0 Å². The van der Waals surface area contributed by atoms with Crippen molar-refractivity contribution in [3.05, 3.63) is 5.82 Å². The number of carbonyl (C=O) groups is 2. The van der Waals surface area contributed by atoms with Crippen LogP contribution in [0.1, 0.15) is 51.9 Å². The fourth-order valence-corrected chi connectivity index (χ4v) is 3.31. The van der Waals surface area contributed by atoms with E-state index in [1.54, 1.807) is 6.92 Å². The number of urea groups is 1. The number of unbranched alkanes of at least 4 members (excludes halogenated alkanes) is 1. The first-order valence-electron chi connectivity index (χ1n) is 8.64. The van der Waals surface area contributed by atoms with Crippen LogP contribution < -0.4 is 10.6 Å². The van der Waals surface area contributed by atoms with Crippen molar-refractivity contribution in [3.8, 4) is 0 Å². The maximum absolute atomic E-state index is 12.1. The van der Waals surface area contributed by atoms with Crippen LogP contribution in [0.15, 0.2) is 5.16 Å². The van der Waals surface area contributed by atoms with Gasteiger partial charge in [-0.05, 0) is 33.9 Å². The van der Waals surface area contributed by atoms with Crippen molar-refractivity contribution < 1.29 is 9.59 Å². The van der Waals surface area contributed by atoms with Crippen molar-refractivity contribution in [1.29, 1.82) is 0 Å². The molecule has 1 rings (SSSR count). The fourth-order valence-electron chi connectivity index (χ4n) is 2.43. The topological polar surface area (TPSA) is 92.2 Å². The molecule has 1 aromatic heterocycles. The van der Waals surface area contributed by atoms with Gasteiger partial charge in [0.15, 0.2) is 11.0 Å². The molecule has 0 aliphatic rings. The molecule has 0 aliphatic heterocycles. The van der Waals surface area contributed by atoms with Crippen LogP contribution in [-0.2, 0) is 11.3 Å². The monoisotopic (exact) mass is 370 g/mol. The van der Waals surface area contributed by atoms with Gasteiger partial charge in [0, 0.05) is 13.6 Å². The van der Waals surface area contributed by atoms with E-state index in [-0.39, 0.29) is 11.9 Å². The molecule has 1 heterocycles. The van der Waals surface area contributed by atoms with Crippen LogP contribution in [0.3, 0.4) is 0 Å². The second kappa shape index (κ2) is 10.4. The molecule has 0 unspecified atom stereocenters. The smallest absolute Gasteiger partial charge is 0.321 e. The van der Waals surface area contributed by atoms with Gasteiger partial charge in [-0.1, -0.05) is 32.0 Å². The Morgan fingerprint density at radius 1 is 1.28 bits per heavy atom. The molecule has 0 fully saturated rings. The Morgan fingerprint density at radius 3 is 2.48 bits per heavy atom. The molecular weight excluding hydrogens is 340 g/mol. The average Bonchev–Trinajstić information content (AvgIpc) is 2.95. The van der Waals surface area contributed by atoms with E-state index in [1.807, 2.05) is 14.1 Å². The molecular formula is C16H30N6O2S. The van der Waals surface area contributed by atoms with Gasteiger partial charge >= 0.3 is 6.03 Å². The molecule has 25 heavy (non-hydrogen) atoms. The van der Waals surface area contributed by atoms with E-state index in [1.165, 1.54) is 18.8 Å². The van der Waals surface area contributed by atoms with Crippen LogP contribution in [-0.4, -0.2) is 58.0 Å². The van der Waals surface area contributed by atoms with E-state index in [9.17, 15) is 9.59 Å². The molecule has 0 radical (unpaired) electrons. The first-order chi connectivity index (χ1) is 11.8. The molecule has 0 saturated heterocycles. The van der Waals surface area contributed by atoms with Crippen LogP contribution in [0, 0.1) is 0 Å². The highest BCUT2D eigenvalue weighted by Gasteiger charge is 2.25. The lowest BCUT2D eigenvalue weighted by Crippen LogP contribution is -2.41. The summed E-state index contributed by atoms with van der Waals surface area (Å²) in [6.45, 7) is 6.83. The summed E-state index contributed by atoms with van der Waals surface area (Å²) in [6, 6.07) is -0.335. The Balaban J connectivity index is 3.00. The Labute approximate surface area is 154 Å². The molecule has 2 atom stereocenters. The predicted molar refractivity (Wildman–Crippen MR) is 99.6 cm³/mol. The van der Waals surface area contributed by atoms with E-state index < -0.39 is 11.3 Å². The minimum Gasteiger partial charge on any atom is -0.341 e. The van der Waals surface area contributed by atoms with E-state index in [2.05, 4.69) is 44.1 Å². The quantitative estimate of drug-likeness (QED) is 0.646. The van der Waals surface area contributed by atoms with Gasteiger partial charge in [0.2, 0.25) is 5.91 Å². The molecule has 0 bridgehead atoms. The molecule has 2 N–H and O–H groups in total. The second-order valence-electron chi connectivity index (χ2n) is 6.06. The lowest BCUT2D eigenvalue weighted by Gasteiger charge is -2.23. The maximum atomic E-state index is 12.1. The minimum atomic E-state index is -0.510. The van der Waals surface area contributed by atoms with Crippen molar-refractivity contribution in [2.75, 3.05) is 21.1 Å². The van der Waals surface area contributed by atoms with Gasteiger partial charge in [-0.3, -0.25) is 15.0 Å². The molecule has 0 spiro atoms. The third-order valence-electron chi connectivity index (χ3n) is 3.90. The molecule has 1 aromatic rings. The number of hydrogen-bond donors (Lipinski definition) is 2. The number of imide groups is 1. The third kappa shape index (κ3) is 6.00. The zero-order valence-electron chi connectivity index (χ0n) is 16.0. The number of hydrogen-bond acceptors (Lipinski definition) is 6. The second-order valence-corrected chi connectivity index (χ2v) is 7.37. The molecule has 8 nitrogen and oxygen atoms in total. The van der Waals surface area contributed by atoms with Crippen molar-refractivity contribution >= 4 is 23.7 Å². The van der Waals surface area contributed by atoms with Crippen LogP contribution in [0.4, 0.5) is 4.79 Å². The number of amides is 3. The first kappa shape index (κ1) is 21.4. The average molecular weight is 371 g/mol. The summed E-state index contributed by atoms with van der Waals surface area (Å²) < 4.78 is 2.10. The van der Waals surface area contributed by atoms with Gasteiger partial charge in [0.05, 0.1) is 11.3 Å². The first-order valence-corrected chi connectivity index (χ1v) is 9.52. The lowest BCUT2D eigenvalue weighted by atomic mass is 10.2. The van der Waals surface area contributed by atoms with Gasteiger partial charge in [-0.15, -0.1) is 10.2 Å². The largest absolute Gasteiger partial charge is 0.341 e. The Hall–Kier alpha value is -1.61. The number of aromatic nitrogens is 3. The predicted octanol–water partition coefficient (Wildman–Crippen LogP) is 2.03. The van der Waals surface area contributed by atoms with E-state index in [4.69, 9.17) is 0 Å². The summed E-state index contributed by atoms with van der Waals surface area (Å²) >= 11 is 1.32. The van der Waals surface area contributed by atoms with Gasteiger partial charge in [-0.2, -0.15) is 0 Å². The Morgan fingerprint density at radius 2 is 1.96 bits per heavy atom. The molecule has 0 saturated carbocycles. The number of rotatable bonds is 9. The zero-order chi connectivity index (χ0) is 19.0. The fraction of sp³-hybridized carbons (Fsp3) is 0.750. The van der Waals surface area contributed by atoms with E-state index in [0.717, 1.165) is 31.6 Å². The summed E-state index contributed by atoms with van der Waals surface area (Å²) in [6.07, 6.45) is 3.00. The summed E-state index contributed by atoms with van der Waals surface area (Å²) in [5.41, 5.74) is 0. The standard InChI is InChI=1S/C16H30N6O2S/c1-7-9-10-22-13(12(8-2)21(5)6)19-20-16(22)25-11(3)14(23)18-15(24)17-4/h11-12H,7-10H2,1-6H3,(H2,17,18,23,24)/t11-,12-/m1/s1. The molecule has 3 amide bonds. The van der Waals surface area contributed by atoms with Crippen LogP contribution in [0.5, 0.6) is 0 Å².